The molecule has 0 saturated carbocycles. The number of carbonyl (C=O) groups excluding carboxylic acids is 11. The largest absolute Gasteiger partial charge is 0.481 e. The normalized spacial score (nSPS) is 17.9. The lowest BCUT2D eigenvalue weighted by Gasteiger charge is -2.31. The topological polar surface area (TPSA) is 350 Å². The summed E-state index contributed by atoms with van der Waals surface area (Å²) in [6, 6.07) is 9.60. The molecular formula is C63H72FN7O17. The van der Waals surface area contributed by atoms with Gasteiger partial charge in [-0.1, -0.05) is 44.2 Å². The third kappa shape index (κ3) is 15.3. The predicted octanol–water partition coefficient (Wildman–Crippen LogP) is 3.27. The Bertz CT molecular complexity index is 3550. The van der Waals surface area contributed by atoms with Gasteiger partial charge in [0.25, 0.3) is 5.56 Å². The van der Waals surface area contributed by atoms with E-state index in [4.69, 9.17) is 14.5 Å². The average Bonchev–Trinajstić information content (AvgIpc) is 1.49. The number of Topliss-reactive ketones (excluding diaryl/α,β-unsaturated/α-hetero) is 4. The summed E-state index contributed by atoms with van der Waals surface area (Å²) in [5.41, 5.74) is 1.89. The summed E-state index contributed by atoms with van der Waals surface area (Å²) in [5.74, 6) is -8.99. The number of hydrogen-bond donors (Lipinski definition) is 6. The van der Waals surface area contributed by atoms with Crippen molar-refractivity contribution in [3.63, 3.8) is 0 Å². The number of nitrogens with zero attached hydrogens (tertiary/aromatic N) is 3. The molecule has 1 fully saturated rings. The minimum Gasteiger partial charge on any atom is -0.481 e. The van der Waals surface area contributed by atoms with Crippen LogP contribution in [0.25, 0.3) is 22.3 Å². The summed E-state index contributed by atoms with van der Waals surface area (Å²) in [7, 11) is 0. The number of hydrogen-bond acceptors (Lipinski definition) is 17. The highest BCUT2D eigenvalue weighted by Gasteiger charge is 2.46. The van der Waals surface area contributed by atoms with E-state index in [1.807, 2.05) is 0 Å². The van der Waals surface area contributed by atoms with Crippen LogP contribution in [0.2, 0.25) is 0 Å². The molecule has 4 aliphatic rings. The highest BCUT2D eigenvalue weighted by Crippen LogP contribution is 2.46. The maximum atomic E-state index is 15.4. The standard InChI is InChI=1S/C63H72FN7O17/c1-4-63(86)44-27-49-58-42(32-71(49)61(84)43(44)33-88-62(63)85)57-46(16-15-41-35(3)45(64)28-48(69-58)56(41)57)67-52(77)14-8-12-39(73)30-66-59(82)37(25-36-10-6-5-7-11-36)26-40(74)31-65-51(76)18-17-50(75)47(29-55(80)81)68-53(78)20-23-87-22-9-13-38(72)19-21-70-54(79)24-34(2)60(70)83/h5-7,10-11,27-28,34,37,46-47,86H,4,8-9,12-26,29-33H2,1-3H3,(H,65,76)(H,66,82)(H,67,77)(H,68,78)(H,80,81)/t34?,37-,46+,47+,63+/m1/s1. The number of benzene rings is 2. The number of aryl methyl sites for hydroxylation is 1. The van der Waals surface area contributed by atoms with Crippen molar-refractivity contribution in [2.45, 2.75) is 154 Å². The molecule has 3 aliphatic heterocycles. The van der Waals surface area contributed by atoms with Gasteiger partial charge in [-0.2, -0.15) is 0 Å². The zero-order valence-corrected chi connectivity index (χ0v) is 49.4. The minimum atomic E-state index is -2.06. The Morgan fingerprint density at radius 3 is 2.28 bits per heavy atom. The van der Waals surface area contributed by atoms with Crippen LogP contribution in [0.3, 0.4) is 0 Å². The van der Waals surface area contributed by atoms with Gasteiger partial charge in [-0.15, -0.1) is 0 Å². The molecule has 0 bridgehead atoms. The van der Waals surface area contributed by atoms with Gasteiger partial charge >= 0.3 is 11.9 Å². The van der Waals surface area contributed by atoms with Crippen molar-refractivity contribution in [3.05, 3.63) is 97.6 Å². The second kappa shape index (κ2) is 28.9. The van der Waals surface area contributed by atoms with Crippen molar-refractivity contribution in [1.29, 1.82) is 0 Å². The molecule has 5 heterocycles. The zero-order chi connectivity index (χ0) is 63.6. The Morgan fingerprint density at radius 2 is 1.57 bits per heavy atom. The summed E-state index contributed by atoms with van der Waals surface area (Å²) in [6.07, 6.45) is -0.944. The van der Waals surface area contributed by atoms with Crippen LogP contribution in [0, 0.1) is 24.6 Å². The SMILES string of the molecule is CC[C@@]1(O)C(=O)OCc2c1cc1n(c2=O)Cc2c-1nc1cc(F)c(C)c3c1c2[C@@H](NC(=O)CCCC(=O)CNC(=O)[C@@H](CC(=O)CNC(=O)CCC(=O)[C@H](CC(=O)O)NC(=O)CCOCCCC(=O)CCN1C(=O)CC(C)C1=O)Cc1ccccc1)CC3. The van der Waals surface area contributed by atoms with E-state index in [1.165, 1.54) is 10.6 Å². The monoisotopic (exact) mass is 1220 g/mol. The molecule has 2 aromatic heterocycles. The van der Waals surface area contributed by atoms with Gasteiger partial charge in [-0.3, -0.25) is 62.4 Å². The van der Waals surface area contributed by atoms with Gasteiger partial charge in [-0.25, -0.2) is 14.2 Å². The predicted molar refractivity (Wildman–Crippen MR) is 310 cm³/mol. The Balaban J connectivity index is 0.777. The number of halogens is 1. The number of likely N-dealkylation sites (tertiary alicyclic amines) is 1. The number of esters is 1. The van der Waals surface area contributed by atoms with E-state index in [1.54, 1.807) is 57.2 Å². The van der Waals surface area contributed by atoms with Gasteiger partial charge in [0.15, 0.2) is 23.0 Å². The molecule has 88 heavy (non-hydrogen) atoms. The van der Waals surface area contributed by atoms with Crippen LogP contribution in [0.1, 0.15) is 149 Å². The zero-order valence-electron chi connectivity index (χ0n) is 49.4. The summed E-state index contributed by atoms with van der Waals surface area (Å²) in [6.45, 7) is 3.74. The molecule has 1 unspecified atom stereocenters. The van der Waals surface area contributed by atoms with Crippen molar-refractivity contribution in [3.8, 4) is 11.4 Å². The van der Waals surface area contributed by atoms with Crippen LogP contribution in [-0.2, 0) is 98.6 Å². The van der Waals surface area contributed by atoms with Gasteiger partial charge in [0.2, 0.25) is 35.4 Å². The smallest absolute Gasteiger partial charge is 0.343 e. The van der Waals surface area contributed by atoms with Gasteiger partial charge in [-0.05, 0) is 73.8 Å². The molecule has 0 spiro atoms. The number of carboxylic acid groups (broad SMARTS) is 1. The van der Waals surface area contributed by atoms with E-state index < -0.39 is 120 Å². The van der Waals surface area contributed by atoms with Crippen molar-refractivity contribution in [1.82, 2.24) is 35.7 Å². The first kappa shape index (κ1) is 65.3. The first-order valence-electron chi connectivity index (χ1n) is 29.7. The molecule has 468 valence electrons. The molecule has 6 N–H and O–H groups in total. The van der Waals surface area contributed by atoms with Gasteiger partial charge < -0.3 is 45.5 Å². The Kier molecular flexibility index (Phi) is 21.4. The number of rotatable bonds is 32. The number of carboxylic acids is 1. The molecule has 2 aromatic carbocycles. The van der Waals surface area contributed by atoms with Crippen molar-refractivity contribution >= 4 is 81.4 Å². The fourth-order valence-electron chi connectivity index (χ4n) is 11.8. The van der Waals surface area contributed by atoms with Gasteiger partial charge in [0, 0.05) is 105 Å². The summed E-state index contributed by atoms with van der Waals surface area (Å²) in [5, 5.41) is 32.0. The highest BCUT2D eigenvalue weighted by atomic mass is 19.1. The molecule has 1 saturated heterocycles. The molecule has 0 radical (unpaired) electrons. The molecular weight excluding hydrogens is 1150 g/mol. The summed E-state index contributed by atoms with van der Waals surface area (Å²) in [4.78, 5) is 173. The second-order valence-electron chi connectivity index (χ2n) is 22.9. The third-order valence-corrected chi connectivity index (χ3v) is 16.7. The molecule has 4 aromatic rings. The first-order valence-corrected chi connectivity index (χ1v) is 29.7. The Hall–Kier alpha value is -8.71. The number of ketones is 4. The van der Waals surface area contributed by atoms with Gasteiger partial charge in [0.05, 0.1) is 67.2 Å². The maximum Gasteiger partial charge on any atom is 0.343 e. The lowest BCUT2D eigenvalue weighted by Crippen LogP contribution is -2.44. The molecule has 24 nitrogen and oxygen atoms in total. The molecule has 6 amide bonds. The lowest BCUT2D eigenvalue weighted by molar-refractivity contribution is -0.172. The van der Waals surface area contributed by atoms with E-state index in [9.17, 15) is 72.5 Å². The number of aromatic nitrogens is 2. The second-order valence-corrected chi connectivity index (χ2v) is 22.9. The van der Waals surface area contributed by atoms with Crippen LogP contribution in [0.15, 0.2) is 47.3 Å². The van der Waals surface area contributed by atoms with E-state index in [2.05, 4.69) is 21.3 Å². The van der Waals surface area contributed by atoms with E-state index in [-0.39, 0.29) is 132 Å². The number of aliphatic carboxylic acids is 1. The number of aliphatic hydroxyl groups is 1. The maximum absolute atomic E-state index is 15.4. The van der Waals surface area contributed by atoms with Crippen LogP contribution in [0.5, 0.6) is 0 Å². The number of carbonyl (C=O) groups is 12. The van der Waals surface area contributed by atoms with Gasteiger partial charge in [0.1, 0.15) is 18.2 Å². The Labute approximate surface area is 505 Å². The van der Waals surface area contributed by atoms with Crippen LogP contribution in [0.4, 0.5) is 4.39 Å². The number of ether oxygens (including phenoxy) is 2. The summed E-state index contributed by atoms with van der Waals surface area (Å²) >= 11 is 0. The highest BCUT2D eigenvalue weighted by molar-refractivity contribution is 6.03. The van der Waals surface area contributed by atoms with Crippen molar-refractivity contribution in [2.24, 2.45) is 11.8 Å². The first-order chi connectivity index (χ1) is 42.0. The fourth-order valence-corrected chi connectivity index (χ4v) is 11.8. The van der Waals surface area contributed by atoms with E-state index in [0.29, 0.717) is 63.8 Å². The van der Waals surface area contributed by atoms with E-state index >= 15 is 4.39 Å². The van der Waals surface area contributed by atoms with Crippen LogP contribution < -0.4 is 26.8 Å². The Morgan fingerprint density at radius 1 is 0.830 bits per heavy atom. The number of nitrogens with one attached hydrogen (secondary N) is 4. The number of amides is 6. The van der Waals surface area contributed by atoms with Crippen molar-refractivity contribution in [2.75, 3.05) is 32.8 Å². The molecule has 5 atom stereocenters. The number of fused-ring (bicyclic) bond motifs is 5. The average molecular weight is 1220 g/mol. The number of imide groups is 1. The van der Waals surface area contributed by atoms with E-state index in [0.717, 1.165) is 10.5 Å². The van der Waals surface area contributed by atoms with Crippen molar-refractivity contribution < 1.29 is 81.6 Å². The number of cyclic esters (lactones) is 1. The molecule has 8 rings (SSSR count). The lowest BCUT2D eigenvalue weighted by atomic mass is 9.81. The number of pyridine rings is 2. The fraction of sp³-hybridized carbons (Fsp3) is 0.492. The molecule has 1 aliphatic carbocycles. The van der Waals surface area contributed by atoms with Crippen LogP contribution in [-0.4, -0.2) is 134 Å². The minimum absolute atomic E-state index is 0.0174. The third-order valence-electron chi connectivity index (χ3n) is 16.7. The quantitative estimate of drug-likeness (QED) is 0.0204. The molecule has 25 heteroatoms. The van der Waals surface area contributed by atoms with Crippen LogP contribution >= 0.6 is 0 Å². The summed E-state index contributed by atoms with van der Waals surface area (Å²) < 4.78 is 27.6.